The number of aromatic nitrogens is 2. The van der Waals surface area contributed by atoms with Gasteiger partial charge in [0.2, 0.25) is 0 Å². The topological polar surface area (TPSA) is 38.0 Å². The lowest BCUT2D eigenvalue weighted by molar-refractivity contribution is 0.149. The summed E-state index contributed by atoms with van der Waals surface area (Å²) in [5, 5.41) is 9.40. The van der Waals surface area contributed by atoms with Crippen LogP contribution >= 0.6 is 0 Å². The number of rotatable bonds is 4. The summed E-state index contributed by atoms with van der Waals surface area (Å²) in [5.74, 6) is 1.04. The highest BCUT2D eigenvalue weighted by molar-refractivity contribution is 4.91. The van der Waals surface area contributed by atoms with E-state index in [4.69, 9.17) is 0 Å². The van der Waals surface area contributed by atoms with Crippen LogP contribution in [0.4, 0.5) is 0 Å². The second-order valence-corrected chi connectivity index (χ2v) is 2.91. The Morgan fingerprint density at radius 2 is 2.33 bits per heavy atom. The van der Waals surface area contributed by atoms with E-state index in [2.05, 4.69) is 11.9 Å². The van der Waals surface area contributed by atoms with E-state index in [9.17, 15) is 5.11 Å². The van der Waals surface area contributed by atoms with Gasteiger partial charge in [0.15, 0.2) is 0 Å². The van der Waals surface area contributed by atoms with Crippen molar-refractivity contribution in [3.05, 3.63) is 18.2 Å². The maximum Gasteiger partial charge on any atom is 0.108 e. The van der Waals surface area contributed by atoms with Crippen LogP contribution < -0.4 is 0 Å². The summed E-state index contributed by atoms with van der Waals surface area (Å²) in [7, 11) is 0. The lowest BCUT2D eigenvalue weighted by Gasteiger charge is -2.10. The summed E-state index contributed by atoms with van der Waals surface area (Å²) < 4.78 is 2.01. The maximum atomic E-state index is 9.40. The second kappa shape index (κ2) is 4.26. The zero-order valence-electron chi connectivity index (χ0n) is 7.70. The number of hydrogen-bond donors (Lipinski definition) is 1. The zero-order chi connectivity index (χ0) is 8.97. The number of aryl methyl sites for hydroxylation is 1. The molecule has 0 amide bonds. The number of aliphatic hydroxyl groups is 1. The molecule has 3 heteroatoms. The smallest absolute Gasteiger partial charge is 0.108 e. The van der Waals surface area contributed by atoms with Crippen LogP contribution in [0.1, 0.15) is 26.1 Å². The lowest BCUT2D eigenvalue weighted by atomic mass is 10.3. The van der Waals surface area contributed by atoms with Crippen LogP contribution in [0.15, 0.2) is 12.4 Å². The van der Waals surface area contributed by atoms with Gasteiger partial charge in [-0.05, 0) is 6.42 Å². The van der Waals surface area contributed by atoms with E-state index in [1.54, 1.807) is 6.20 Å². The van der Waals surface area contributed by atoms with Gasteiger partial charge < -0.3 is 9.67 Å². The molecule has 0 spiro atoms. The van der Waals surface area contributed by atoms with Crippen molar-refractivity contribution in [3.63, 3.8) is 0 Å². The van der Waals surface area contributed by atoms with Crippen molar-refractivity contribution in [2.45, 2.75) is 39.3 Å². The minimum Gasteiger partial charge on any atom is -0.391 e. The van der Waals surface area contributed by atoms with Crippen molar-refractivity contribution in [2.24, 2.45) is 0 Å². The number of nitrogens with zero attached hydrogens (tertiary/aromatic N) is 2. The monoisotopic (exact) mass is 168 g/mol. The molecular formula is C9H16N2O. The van der Waals surface area contributed by atoms with Crippen LogP contribution in [0.5, 0.6) is 0 Å². The molecule has 1 aromatic heterocycles. The van der Waals surface area contributed by atoms with Gasteiger partial charge in [0.05, 0.1) is 6.10 Å². The van der Waals surface area contributed by atoms with Crippen molar-refractivity contribution in [3.8, 4) is 0 Å². The average Bonchev–Trinajstić information content (AvgIpc) is 2.51. The Morgan fingerprint density at radius 3 is 2.92 bits per heavy atom. The van der Waals surface area contributed by atoms with Crippen molar-refractivity contribution >= 4 is 0 Å². The molecule has 0 aliphatic carbocycles. The fraction of sp³-hybridized carbons (Fsp3) is 0.667. The van der Waals surface area contributed by atoms with Gasteiger partial charge in [0.1, 0.15) is 5.82 Å². The summed E-state index contributed by atoms with van der Waals surface area (Å²) >= 11 is 0. The van der Waals surface area contributed by atoms with Gasteiger partial charge in [0, 0.05) is 25.4 Å². The Bertz CT molecular complexity index is 232. The third kappa shape index (κ3) is 2.08. The first-order valence-corrected chi connectivity index (χ1v) is 4.46. The van der Waals surface area contributed by atoms with Crippen LogP contribution in [-0.4, -0.2) is 20.8 Å². The van der Waals surface area contributed by atoms with E-state index in [1.807, 2.05) is 17.7 Å². The zero-order valence-corrected chi connectivity index (χ0v) is 7.70. The molecule has 1 rings (SSSR count). The first-order valence-electron chi connectivity index (χ1n) is 4.46. The highest BCUT2D eigenvalue weighted by Gasteiger charge is 2.04. The highest BCUT2D eigenvalue weighted by Crippen LogP contribution is 2.02. The first kappa shape index (κ1) is 9.26. The molecule has 0 fully saturated rings. The van der Waals surface area contributed by atoms with Gasteiger partial charge in [-0.2, -0.15) is 0 Å². The predicted molar refractivity (Wildman–Crippen MR) is 47.9 cm³/mol. The van der Waals surface area contributed by atoms with Crippen LogP contribution in [-0.2, 0) is 13.0 Å². The molecule has 0 aromatic carbocycles. The normalized spacial score (nSPS) is 13.2. The Balaban J connectivity index is 2.61. The number of imidazole rings is 1. The first-order chi connectivity index (χ1) is 5.77. The van der Waals surface area contributed by atoms with Crippen molar-refractivity contribution in [1.82, 2.24) is 9.55 Å². The fourth-order valence-electron chi connectivity index (χ4n) is 1.18. The van der Waals surface area contributed by atoms with E-state index < -0.39 is 0 Å². The van der Waals surface area contributed by atoms with Crippen molar-refractivity contribution in [1.29, 1.82) is 0 Å². The molecule has 1 unspecified atom stereocenters. The van der Waals surface area contributed by atoms with E-state index in [-0.39, 0.29) is 6.10 Å². The van der Waals surface area contributed by atoms with Crippen LogP contribution in [0.25, 0.3) is 0 Å². The van der Waals surface area contributed by atoms with Gasteiger partial charge in [-0.3, -0.25) is 0 Å². The van der Waals surface area contributed by atoms with Gasteiger partial charge in [0.25, 0.3) is 0 Å². The fourth-order valence-corrected chi connectivity index (χ4v) is 1.18. The molecule has 1 aromatic rings. The summed E-state index contributed by atoms with van der Waals surface area (Å²) in [6.07, 6.45) is 5.16. The van der Waals surface area contributed by atoms with E-state index in [0.717, 1.165) is 18.7 Å². The third-order valence-corrected chi connectivity index (χ3v) is 2.00. The molecule has 0 saturated carbocycles. The largest absolute Gasteiger partial charge is 0.391 e. The molecule has 0 aliphatic rings. The maximum absolute atomic E-state index is 9.40. The number of hydrogen-bond acceptors (Lipinski definition) is 2. The van der Waals surface area contributed by atoms with Gasteiger partial charge in [-0.25, -0.2) is 4.98 Å². The molecule has 1 heterocycles. The standard InChI is InChI=1S/C9H16N2O/c1-3-8(12)7-11-6-5-10-9(11)4-2/h5-6,8,12H,3-4,7H2,1-2H3. The second-order valence-electron chi connectivity index (χ2n) is 2.91. The highest BCUT2D eigenvalue weighted by atomic mass is 16.3. The molecular weight excluding hydrogens is 152 g/mol. The van der Waals surface area contributed by atoms with Gasteiger partial charge >= 0.3 is 0 Å². The lowest BCUT2D eigenvalue weighted by Crippen LogP contribution is -2.15. The van der Waals surface area contributed by atoms with E-state index >= 15 is 0 Å². The predicted octanol–water partition coefficient (Wildman–Crippen LogP) is 1.22. The molecule has 0 aliphatic heterocycles. The Labute approximate surface area is 73.1 Å². The summed E-state index contributed by atoms with van der Waals surface area (Å²) in [6.45, 7) is 4.71. The molecule has 1 atom stereocenters. The van der Waals surface area contributed by atoms with Crippen LogP contribution in [0.3, 0.4) is 0 Å². The molecule has 1 N–H and O–H groups in total. The molecule has 0 saturated heterocycles. The summed E-state index contributed by atoms with van der Waals surface area (Å²) in [6, 6.07) is 0. The van der Waals surface area contributed by atoms with E-state index in [1.165, 1.54) is 0 Å². The average molecular weight is 168 g/mol. The minimum atomic E-state index is -0.246. The minimum absolute atomic E-state index is 0.246. The number of aliphatic hydroxyl groups excluding tert-OH is 1. The SMILES string of the molecule is CCc1nccn1CC(O)CC. The summed E-state index contributed by atoms with van der Waals surface area (Å²) in [4.78, 5) is 4.17. The summed E-state index contributed by atoms with van der Waals surface area (Å²) in [5.41, 5.74) is 0. The molecule has 0 bridgehead atoms. The molecule has 0 radical (unpaired) electrons. The Morgan fingerprint density at radius 1 is 1.58 bits per heavy atom. The van der Waals surface area contributed by atoms with Crippen LogP contribution in [0.2, 0.25) is 0 Å². The quantitative estimate of drug-likeness (QED) is 0.734. The molecule has 68 valence electrons. The van der Waals surface area contributed by atoms with E-state index in [0.29, 0.717) is 6.54 Å². The van der Waals surface area contributed by atoms with Gasteiger partial charge in [-0.1, -0.05) is 13.8 Å². The Hall–Kier alpha value is -0.830. The molecule has 3 nitrogen and oxygen atoms in total. The third-order valence-electron chi connectivity index (χ3n) is 2.00. The molecule has 12 heavy (non-hydrogen) atoms. The van der Waals surface area contributed by atoms with Crippen molar-refractivity contribution in [2.75, 3.05) is 0 Å². The van der Waals surface area contributed by atoms with Gasteiger partial charge in [-0.15, -0.1) is 0 Å². The van der Waals surface area contributed by atoms with Crippen LogP contribution in [0, 0.1) is 0 Å². The van der Waals surface area contributed by atoms with Crippen molar-refractivity contribution < 1.29 is 5.11 Å². The Kier molecular flexibility index (Phi) is 3.29.